The van der Waals surface area contributed by atoms with Crippen molar-refractivity contribution in [1.29, 1.82) is 0 Å². The van der Waals surface area contributed by atoms with Crippen LogP contribution >= 0.6 is 11.3 Å². The first-order valence-electron chi connectivity index (χ1n) is 6.40. The largest absolute Gasteiger partial charge is 0.508 e. The number of phenolic OH excluding ortho intramolecular Hbond substituents is 2. The van der Waals surface area contributed by atoms with E-state index in [1.165, 1.54) is 12.1 Å². The van der Waals surface area contributed by atoms with E-state index in [4.69, 9.17) is 4.74 Å². The van der Waals surface area contributed by atoms with E-state index in [0.29, 0.717) is 10.6 Å². The van der Waals surface area contributed by atoms with Crippen LogP contribution in [-0.4, -0.2) is 33.7 Å². The molecular formula is C14H14N2O5S. The number of amides is 1. The predicted octanol–water partition coefficient (Wildman–Crippen LogP) is 2.29. The number of aromatic hydroxyl groups is 2. The van der Waals surface area contributed by atoms with Gasteiger partial charge in [-0.2, -0.15) is 0 Å². The summed E-state index contributed by atoms with van der Waals surface area (Å²) < 4.78 is 4.89. The molecule has 3 N–H and O–H groups in total. The van der Waals surface area contributed by atoms with Gasteiger partial charge in [0.25, 0.3) is 5.91 Å². The Bertz CT molecular complexity index is 726. The Kier molecular flexibility index (Phi) is 4.62. The van der Waals surface area contributed by atoms with Gasteiger partial charge in [0.2, 0.25) is 0 Å². The summed E-state index contributed by atoms with van der Waals surface area (Å²) >= 11 is 0.991. The number of aryl methyl sites for hydroxylation is 1. The van der Waals surface area contributed by atoms with Gasteiger partial charge in [0.05, 0.1) is 17.9 Å². The second-order valence-corrected chi connectivity index (χ2v) is 5.31. The minimum absolute atomic E-state index is 0.0108. The lowest BCUT2D eigenvalue weighted by Gasteiger charge is -2.04. The molecule has 1 heterocycles. The lowest BCUT2D eigenvalue weighted by Crippen LogP contribution is -2.11. The summed E-state index contributed by atoms with van der Waals surface area (Å²) in [7, 11) is 0. The zero-order valence-electron chi connectivity index (χ0n) is 11.9. The number of phenols is 2. The molecule has 0 aliphatic carbocycles. The highest BCUT2D eigenvalue weighted by Crippen LogP contribution is 2.26. The Morgan fingerprint density at radius 2 is 2.09 bits per heavy atom. The van der Waals surface area contributed by atoms with Crippen molar-refractivity contribution >= 4 is 28.3 Å². The lowest BCUT2D eigenvalue weighted by atomic mass is 10.2. The molecule has 0 saturated carbocycles. The van der Waals surface area contributed by atoms with Crippen molar-refractivity contribution in [2.75, 3.05) is 11.9 Å². The second kappa shape index (κ2) is 6.44. The average Bonchev–Trinajstić information content (AvgIpc) is 2.79. The number of carbonyl (C=O) groups is 2. The molecule has 0 saturated heterocycles. The zero-order chi connectivity index (χ0) is 16.3. The molecule has 8 heteroatoms. The summed E-state index contributed by atoms with van der Waals surface area (Å²) in [5.41, 5.74) is 0.442. The molecule has 0 fully saturated rings. The first kappa shape index (κ1) is 15.8. The highest BCUT2D eigenvalue weighted by Gasteiger charge is 2.19. The maximum Gasteiger partial charge on any atom is 0.350 e. The first-order chi connectivity index (χ1) is 10.4. The molecule has 0 spiro atoms. The highest BCUT2D eigenvalue weighted by atomic mass is 32.1. The molecule has 1 aromatic heterocycles. The van der Waals surface area contributed by atoms with E-state index >= 15 is 0 Å². The van der Waals surface area contributed by atoms with Gasteiger partial charge in [-0.1, -0.05) is 11.3 Å². The molecule has 22 heavy (non-hydrogen) atoms. The van der Waals surface area contributed by atoms with Gasteiger partial charge in [-0.3, -0.25) is 10.1 Å². The molecule has 2 rings (SSSR count). The Balaban J connectivity index is 2.18. The number of carbonyl (C=O) groups excluding carboxylic acids is 2. The van der Waals surface area contributed by atoms with E-state index in [0.717, 1.165) is 17.4 Å². The van der Waals surface area contributed by atoms with Gasteiger partial charge in [0, 0.05) is 6.07 Å². The van der Waals surface area contributed by atoms with E-state index in [2.05, 4.69) is 10.3 Å². The lowest BCUT2D eigenvalue weighted by molar-refractivity contribution is 0.0531. The van der Waals surface area contributed by atoms with Gasteiger partial charge < -0.3 is 14.9 Å². The van der Waals surface area contributed by atoms with Crippen LogP contribution in [-0.2, 0) is 4.74 Å². The summed E-state index contributed by atoms with van der Waals surface area (Å²) in [6, 6.07) is 3.63. The van der Waals surface area contributed by atoms with Crippen molar-refractivity contribution < 1.29 is 24.5 Å². The Labute approximate surface area is 130 Å². The van der Waals surface area contributed by atoms with Gasteiger partial charge >= 0.3 is 5.97 Å². The molecule has 116 valence electrons. The maximum absolute atomic E-state index is 12.1. The van der Waals surface area contributed by atoms with Gasteiger partial charge in [-0.15, -0.1) is 0 Å². The molecule has 2 aromatic rings. The van der Waals surface area contributed by atoms with Gasteiger partial charge in [-0.05, 0) is 26.0 Å². The highest BCUT2D eigenvalue weighted by molar-refractivity contribution is 7.17. The molecule has 0 atom stereocenters. The number of hydrogen-bond donors (Lipinski definition) is 3. The van der Waals surface area contributed by atoms with E-state index < -0.39 is 11.9 Å². The number of benzene rings is 1. The monoisotopic (exact) mass is 322 g/mol. The standard InChI is InChI=1S/C14H14N2O5S/c1-3-21-13(20)11-7(2)15-14(22-11)16-12(19)9-5-4-8(17)6-10(9)18/h4-6,17-18H,3H2,1-2H3,(H,15,16,19). The third kappa shape index (κ3) is 3.34. The summed E-state index contributed by atoms with van der Waals surface area (Å²) in [6.07, 6.45) is 0. The number of hydrogen-bond acceptors (Lipinski definition) is 7. The number of aromatic nitrogens is 1. The molecule has 0 radical (unpaired) electrons. The van der Waals surface area contributed by atoms with Crippen molar-refractivity contribution in [1.82, 2.24) is 4.98 Å². The predicted molar refractivity (Wildman–Crippen MR) is 80.5 cm³/mol. The fourth-order valence-electron chi connectivity index (χ4n) is 1.71. The fourth-order valence-corrected chi connectivity index (χ4v) is 2.57. The Hall–Kier alpha value is -2.61. The summed E-state index contributed by atoms with van der Waals surface area (Å²) in [6.45, 7) is 3.58. The van der Waals surface area contributed by atoms with E-state index in [-0.39, 0.29) is 28.8 Å². The van der Waals surface area contributed by atoms with Crippen LogP contribution in [0, 0.1) is 6.92 Å². The number of ether oxygens (including phenoxy) is 1. The SMILES string of the molecule is CCOC(=O)c1sc(NC(=O)c2ccc(O)cc2O)nc1C. The normalized spacial score (nSPS) is 10.3. The summed E-state index contributed by atoms with van der Waals surface area (Å²) in [5, 5.41) is 21.6. The van der Waals surface area contributed by atoms with Crippen molar-refractivity contribution in [2.24, 2.45) is 0 Å². The molecule has 0 aliphatic heterocycles. The summed E-state index contributed by atoms with van der Waals surface area (Å²) in [5.74, 6) is -1.59. The van der Waals surface area contributed by atoms with Crippen molar-refractivity contribution in [2.45, 2.75) is 13.8 Å². The Morgan fingerprint density at radius 3 is 2.73 bits per heavy atom. The van der Waals surface area contributed by atoms with Crippen LogP contribution in [0.4, 0.5) is 5.13 Å². The van der Waals surface area contributed by atoms with Crippen LogP contribution < -0.4 is 5.32 Å². The van der Waals surface area contributed by atoms with E-state index in [1.807, 2.05) is 0 Å². The fraction of sp³-hybridized carbons (Fsp3) is 0.214. The van der Waals surface area contributed by atoms with Crippen LogP contribution in [0.25, 0.3) is 0 Å². The molecule has 0 unspecified atom stereocenters. The van der Waals surface area contributed by atoms with Crippen LogP contribution in [0.15, 0.2) is 18.2 Å². The smallest absolute Gasteiger partial charge is 0.350 e. The van der Waals surface area contributed by atoms with Crippen LogP contribution in [0.2, 0.25) is 0 Å². The van der Waals surface area contributed by atoms with Crippen molar-refractivity contribution in [3.63, 3.8) is 0 Å². The quantitative estimate of drug-likeness (QED) is 0.745. The van der Waals surface area contributed by atoms with Crippen molar-refractivity contribution in [3.05, 3.63) is 34.3 Å². The third-order valence-electron chi connectivity index (χ3n) is 2.70. The van der Waals surface area contributed by atoms with Gasteiger partial charge in [0.1, 0.15) is 16.4 Å². The number of nitrogens with zero attached hydrogens (tertiary/aromatic N) is 1. The molecule has 0 aliphatic rings. The first-order valence-corrected chi connectivity index (χ1v) is 7.22. The molecule has 1 aromatic carbocycles. The van der Waals surface area contributed by atoms with Crippen LogP contribution in [0.3, 0.4) is 0 Å². The second-order valence-electron chi connectivity index (χ2n) is 4.31. The van der Waals surface area contributed by atoms with Gasteiger partial charge in [0.15, 0.2) is 5.13 Å². The topological polar surface area (TPSA) is 109 Å². The molecular weight excluding hydrogens is 308 g/mol. The zero-order valence-corrected chi connectivity index (χ0v) is 12.7. The minimum atomic E-state index is -0.596. The van der Waals surface area contributed by atoms with Crippen LogP contribution in [0.1, 0.15) is 32.6 Å². The third-order valence-corrected chi connectivity index (χ3v) is 3.76. The molecule has 1 amide bonds. The summed E-state index contributed by atoms with van der Waals surface area (Å²) in [4.78, 5) is 28.1. The van der Waals surface area contributed by atoms with Crippen molar-refractivity contribution in [3.8, 4) is 11.5 Å². The Morgan fingerprint density at radius 1 is 1.36 bits per heavy atom. The number of nitrogens with one attached hydrogen (secondary N) is 1. The number of anilines is 1. The number of thiazole rings is 1. The molecule has 7 nitrogen and oxygen atoms in total. The number of esters is 1. The van der Waals surface area contributed by atoms with Crippen LogP contribution in [0.5, 0.6) is 11.5 Å². The van der Waals surface area contributed by atoms with E-state index in [1.54, 1.807) is 13.8 Å². The maximum atomic E-state index is 12.1. The minimum Gasteiger partial charge on any atom is -0.508 e. The average molecular weight is 322 g/mol. The van der Waals surface area contributed by atoms with Gasteiger partial charge in [-0.25, -0.2) is 9.78 Å². The van der Waals surface area contributed by atoms with E-state index in [9.17, 15) is 19.8 Å². The molecule has 0 bridgehead atoms. The number of rotatable bonds is 4.